The van der Waals surface area contributed by atoms with Crippen LogP contribution in [0.15, 0.2) is 22.9 Å². The van der Waals surface area contributed by atoms with E-state index in [2.05, 4.69) is 20.9 Å². The zero-order valence-electron chi connectivity index (χ0n) is 18.8. The Labute approximate surface area is 188 Å². The van der Waals surface area contributed by atoms with Gasteiger partial charge in [0.25, 0.3) is 0 Å². The summed E-state index contributed by atoms with van der Waals surface area (Å²) in [4.78, 5) is 45.0. The second-order valence-electron chi connectivity index (χ2n) is 7.81. The van der Waals surface area contributed by atoms with Crippen molar-refractivity contribution in [3.8, 4) is 0 Å². The normalized spacial score (nSPS) is 13.0. The van der Waals surface area contributed by atoms with Gasteiger partial charge >= 0.3 is 5.97 Å². The number of amides is 1. The number of carbonyl (C=O) groups is 3. The molecule has 0 saturated heterocycles. The van der Waals surface area contributed by atoms with Crippen LogP contribution >= 0.6 is 15.9 Å². The van der Waals surface area contributed by atoms with E-state index in [0.29, 0.717) is 23.9 Å². The zero-order valence-corrected chi connectivity index (χ0v) is 20.4. The number of ether oxygens (including phenoxy) is 1. The molecular formula is C23H35BrN2O4. The molecule has 2 unspecified atom stereocenters. The maximum atomic E-state index is 13.6. The second-order valence-corrected chi connectivity index (χ2v) is 8.62. The third kappa shape index (κ3) is 7.82. The number of hydrogen-bond donors (Lipinski definition) is 0. The van der Waals surface area contributed by atoms with Gasteiger partial charge in [0.05, 0.1) is 12.5 Å². The first-order valence-electron chi connectivity index (χ1n) is 10.9. The molecule has 1 heterocycles. The van der Waals surface area contributed by atoms with Gasteiger partial charge in [-0.25, -0.2) is 9.78 Å². The first kappa shape index (κ1) is 26.3. The third-order valence-corrected chi connectivity index (χ3v) is 5.43. The number of carbonyl (C=O) groups excluding carboxylic acids is 3. The Morgan fingerprint density at radius 1 is 1.13 bits per heavy atom. The molecule has 0 aliphatic carbocycles. The molecule has 1 aromatic rings. The molecule has 0 fully saturated rings. The van der Waals surface area contributed by atoms with E-state index in [1.54, 1.807) is 19.2 Å². The Kier molecular flexibility index (Phi) is 11.8. The van der Waals surface area contributed by atoms with E-state index in [1.165, 1.54) is 4.90 Å². The zero-order chi connectivity index (χ0) is 22.7. The summed E-state index contributed by atoms with van der Waals surface area (Å²) in [5.41, 5.74) is 0.790. The minimum atomic E-state index is -0.764. The molecule has 30 heavy (non-hydrogen) atoms. The number of Topliss-reactive ketones (excluding diaryl/α,β-unsaturated/α-hetero) is 1. The van der Waals surface area contributed by atoms with Crippen LogP contribution in [-0.2, 0) is 25.7 Å². The fourth-order valence-electron chi connectivity index (χ4n) is 3.43. The topological polar surface area (TPSA) is 76.6 Å². The number of esters is 1. The average molecular weight is 483 g/mol. The van der Waals surface area contributed by atoms with Gasteiger partial charge in [0, 0.05) is 19.2 Å². The number of pyridine rings is 1. The predicted molar refractivity (Wildman–Crippen MR) is 121 cm³/mol. The highest BCUT2D eigenvalue weighted by Crippen LogP contribution is 2.23. The van der Waals surface area contributed by atoms with Crippen molar-refractivity contribution in [3.05, 3.63) is 28.5 Å². The highest BCUT2D eigenvalue weighted by atomic mass is 79.9. The molecule has 1 rings (SSSR count). The lowest BCUT2D eigenvalue weighted by molar-refractivity contribution is -0.160. The molecule has 0 spiro atoms. The monoisotopic (exact) mass is 482 g/mol. The van der Waals surface area contributed by atoms with E-state index in [1.807, 2.05) is 33.8 Å². The van der Waals surface area contributed by atoms with Crippen molar-refractivity contribution in [1.82, 2.24) is 9.88 Å². The molecular weight excluding hydrogens is 448 g/mol. The fraction of sp³-hybridized carbons (Fsp3) is 0.652. The van der Waals surface area contributed by atoms with Gasteiger partial charge in [-0.3, -0.25) is 9.59 Å². The van der Waals surface area contributed by atoms with Crippen molar-refractivity contribution in [2.24, 2.45) is 11.8 Å². The second kappa shape index (κ2) is 13.5. The highest BCUT2D eigenvalue weighted by Gasteiger charge is 2.38. The van der Waals surface area contributed by atoms with Crippen molar-refractivity contribution in [2.75, 3.05) is 6.61 Å². The van der Waals surface area contributed by atoms with Crippen molar-refractivity contribution < 1.29 is 19.1 Å². The first-order valence-corrected chi connectivity index (χ1v) is 11.7. The Balaban J connectivity index is 3.32. The minimum absolute atomic E-state index is 0.0472. The molecule has 0 N–H and O–H groups in total. The summed E-state index contributed by atoms with van der Waals surface area (Å²) in [6, 6.07) is 2.88. The number of rotatable bonds is 13. The molecule has 1 amide bonds. The Bertz CT molecular complexity index is 691. The lowest BCUT2D eigenvalue weighted by Crippen LogP contribution is -2.51. The number of ketones is 1. The van der Waals surface area contributed by atoms with Crippen LogP contribution in [0.3, 0.4) is 0 Å². The summed E-state index contributed by atoms with van der Waals surface area (Å²) >= 11 is 3.31. The number of unbranched alkanes of at least 4 members (excludes halogenated alkanes) is 1. The van der Waals surface area contributed by atoms with Crippen molar-refractivity contribution in [2.45, 2.75) is 79.3 Å². The van der Waals surface area contributed by atoms with Gasteiger partial charge in [-0.2, -0.15) is 0 Å². The molecule has 0 radical (unpaired) electrons. The maximum absolute atomic E-state index is 13.6. The molecule has 0 aliphatic heterocycles. The van der Waals surface area contributed by atoms with Gasteiger partial charge in [-0.1, -0.05) is 46.6 Å². The molecule has 0 aromatic carbocycles. The van der Waals surface area contributed by atoms with E-state index < -0.39 is 17.9 Å². The Morgan fingerprint density at radius 2 is 1.83 bits per heavy atom. The highest BCUT2D eigenvalue weighted by molar-refractivity contribution is 9.10. The van der Waals surface area contributed by atoms with Gasteiger partial charge in [0.15, 0.2) is 0 Å². The molecule has 7 heteroatoms. The van der Waals surface area contributed by atoms with Crippen molar-refractivity contribution >= 4 is 33.6 Å². The molecule has 1 aromatic heterocycles. The van der Waals surface area contributed by atoms with Crippen LogP contribution in [0.4, 0.5) is 0 Å². The molecule has 6 nitrogen and oxygen atoms in total. The van der Waals surface area contributed by atoms with Crippen LogP contribution in [-0.4, -0.2) is 40.2 Å². The van der Waals surface area contributed by atoms with Gasteiger partial charge in [-0.05, 0) is 53.2 Å². The van der Waals surface area contributed by atoms with Gasteiger partial charge in [0.1, 0.15) is 16.4 Å². The molecule has 0 bridgehead atoms. The van der Waals surface area contributed by atoms with Crippen LogP contribution in [0.2, 0.25) is 0 Å². The van der Waals surface area contributed by atoms with Crippen LogP contribution in [0.5, 0.6) is 0 Å². The molecule has 0 saturated carbocycles. The van der Waals surface area contributed by atoms with E-state index in [4.69, 9.17) is 4.74 Å². The van der Waals surface area contributed by atoms with E-state index in [-0.39, 0.29) is 30.8 Å². The summed E-state index contributed by atoms with van der Waals surface area (Å²) < 4.78 is 5.97. The van der Waals surface area contributed by atoms with Crippen LogP contribution < -0.4 is 0 Å². The predicted octanol–water partition coefficient (Wildman–Crippen LogP) is 4.94. The van der Waals surface area contributed by atoms with Gasteiger partial charge in [-0.15, -0.1) is 0 Å². The number of hydrogen-bond acceptors (Lipinski definition) is 5. The fourth-order valence-corrected chi connectivity index (χ4v) is 3.67. The number of nitrogens with zero attached hydrogens (tertiary/aromatic N) is 2. The standard InChI is InChI=1S/C23H35BrN2O4/c1-6-9-11-19(27)18(10-7-2)22(28)26(15-17-12-13-20(24)25-14-17)21(16(4)5)23(29)30-8-3/h12-14,16,18,21H,6-11,15H2,1-5H3. The SMILES string of the molecule is CCCCC(=O)C(CCC)C(=O)N(Cc1ccc(Br)nc1)C(C(=O)OCC)C(C)C. The van der Waals surface area contributed by atoms with Crippen LogP contribution in [0.1, 0.15) is 72.3 Å². The van der Waals surface area contributed by atoms with Crippen LogP contribution in [0, 0.1) is 11.8 Å². The largest absolute Gasteiger partial charge is 0.464 e. The van der Waals surface area contributed by atoms with Gasteiger partial charge < -0.3 is 9.64 Å². The van der Waals surface area contributed by atoms with E-state index in [0.717, 1.165) is 18.4 Å². The number of halogens is 1. The van der Waals surface area contributed by atoms with E-state index >= 15 is 0 Å². The lowest BCUT2D eigenvalue weighted by atomic mass is 9.91. The maximum Gasteiger partial charge on any atom is 0.329 e. The van der Waals surface area contributed by atoms with Gasteiger partial charge in [0.2, 0.25) is 5.91 Å². The Morgan fingerprint density at radius 3 is 2.33 bits per heavy atom. The first-order chi connectivity index (χ1) is 14.3. The summed E-state index contributed by atoms with van der Waals surface area (Å²) in [7, 11) is 0. The van der Waals surface area contributed by atoms with E-state index in [9.17, 15) is 14.4 Å². The minimum Gasteiger partial charge on any atom is -0.464 e. The summed E-state index contributed by atoms with van der Waals surface area (Å²) in [6.45, 7) is 9.92. The van der Waals surface area contributed by atoms with Crippen molar-refractivity contribution in [1.29, 1.82) is 0 Å². The number of aromatic nitrogens is 1. The smallest absolute Gasteiger partial charge is 0.329 e. The molecule has 168 valence electrons. The van der Waals surface area contributed by atoms with Crippen molar-refractivity contribution in [3.63, 3.8) is 0 Å². The molecule has 2 atom stereocenters. The van der Waals surface area contributed by atoms with Crippen LogP contribution in [0.25, 0.3) is 0 Å². The summed E-state index contributed by atoms with van der Waals surface area (Å²) in [6.07, 6.45) is 4.89. The quantitative estimate of drug-likeness (QED) is 0.226. The summed E-state index contributed by atoms with van der Waals surface area (Å²) in [5.74, 6) is -1.69. The summed E-state index contributed by atoms with van der Waals surface area (Å²) in [5, 5.41) is 0. The average Bonchev–Trinajstić information content (AvgIpc) is 2.70. The third-order valence-electron chi connectivity index (χ3n) is 4.96. The molecule has 0 aliphatic rings. The Hall–Kier alpha value is -1.76. The lowest BCUT2D eigenvalue weighted by Gasteiger charge is -2.35.